The van der Waals surface area contributed by atoms with Gasteiger partial charge in [-0.2, -0.15) is 5.10 Å². The molecule has 0 saturated heterocycles. The molecule has 2 N–H and O–H groups in total. The summed E-state index contributed by atoms with van der Waals surface area (Å²) in [6.45, 7) is 3.90. The average Bonchev–Trinajstić information content (AvgIpc) is 3.40. The third kappa shape index (κ3) is 6.21. The van der Waals surface area contributed by atoms with Crippen LogP contribution < -0.4 is 15.4 Å². The van der Waals surface area contributed by atoms with Crippen molar-refractivity contribution < 1.29 is 19.1 Å². The molecule has 40 heavy (non-hydrogen) atoms. The molecule has 1 amide bonds. The molecule has 0 aliphatic rings. The maximum absolute atomic E-state index is 12.1. The fourth-order valence-electron chi connectivity index (χ4n) is 3.92. The van der Waals surface area contributed by atoms with E-state index in [2.05, 4.69) is 35.4 Å². The van der Waals surface area contributed by atoms with Crippen LogP contribution in [0.25, 0.3) is 16.7 Å². The molecule has 0 saturated carbocycles. The zero-order chi connectivity index (χ0) is 28.1. The molecule has 0 atom stereocenters. The van der Waals surface area contributed by atoms with Gasteiger partial charge in [0.2, 0.25) is 5.91 Å². The molecule has 202 valence electrons. The van der Waals surface area contributed by atoms with Gasteiger partial charge in [0.1, 0.15) is 23.3 Å². The molecular formula is C29H27N7O4. The van der Waals surface area contributed by atoms with Crippen LogP contribution in [0.3, 0.4) is 0 Å². The molecule has 11 heteroatoms. The Bertz CT molecular complexity index is 1660. The lowest BCUT2D eigenvalue weighted by molar-refractivity contribution is -0.141. The molecule has 0 spiro atoms. The highest BCUT2D eigenvalue weighted by Crippen LogP contribution is 2.29. The van der Waals surface area contributed by atoms with E-state index in [1.54, 1.807) is 23.0 Å². The second-order valence-corrected chi connectivity index (χ2v) is 9.04. The van der Waals surface area contributed by atoms with Crippen molar-refractivity contribution in [1.82, 2.24) is 24.7 Å². The van der Waals surface area contributed by atoms with Crippen molar-refractivity contribution in [3.63, 3.8) is 0 Å². The number of fused-ring (bicyclic) bond motifs is 1. The van der Waals surface area contributed by atoms with Gasteiger partial charge in [0.05, 0.1) is 31.6 Å². The minimum Gasteiger partial charge on any atom is -0.469 e. The Morgan fingerprint density at radius 2 is 1.73 bits per heavy atom. The molecule has 2 aromatic carbocycles. The summed E-state index contributed by atoms with van der Waals surface area (Å²) >= 11 is 0. The number of benzene rings is 2. The van der Waals surface area contributed by atoms with Crippen LogP contribution in [0.15, 0.2) is 73.3 Å². The molecule has 11 nitrogen and oxygen atoms in total. The van der Waals surface area contributed by atoms with Crippen molar-refractivity contribution in [2.75, 3.05) is 17.7 Å². The molecular weight excluding hydrogens is 510 g/mol. The maximum Gasteiger partial charge on any atom is 0.306 e. The van der Waals surface area contributed by atoms with Crippen molar-refractivity contribution in [2.45, 2.75) is 26.7 Å². The Kier molecular flexibility index (Phi) is 7.63. The van der Waals surface area contributed by atoms with E-state index >= 15 is 0 Å². The van der Waals surface area contributed by atoms with Gasteiger partial charge in [-0.3, -0.25) is 14.6 Å². The third-order valence-corrected chi connectivity index (χ3v) is 6.05. The number of methoxy groups -OCH3 is 1. The van der Waals surface area contributed by atoms with Gasteiger partial charge in [0.15, 0.2) is 11.3 Å². The lowest BCUT2D eigenvalue weighted by Gasteiger charge is -2.11. The monoisotopic (exact) mass is 537 g/mol. The largest absolute Gasteiger partial charge is 0.469 e. The number of nitrogens with zero attached hydrogens (tertiary/aromatic N) is 5. The van der Waals surface area contributed by atoms with Crippen LogP contribution in [0.4, 0.5) is 17.2 Å². The fourth-order valence-corrected chi connectivity index (χ4v) is 3.92. The summed E-state index contributed by atoms with van der Waals surface area (Å²) in [6, 6.07) is 16.8. The highest BCUT2D eigenvalue weighted by atomic mass is 16.5. The van der Waals surface area contributed by atoms with E-state index in [1.807, 2.05) is 62.5 Å². The van der Waals surface area contributed by atoms with E-state index < -0.39 is 5.97 Å². The van der Waals surface area contributed by atoms with Gasteiger partial charge >= 0.3 is 5.97 Å². The predicted molar refractivity (Wildman–Crippen MR) is 150 cm³/mol. The molecule has 5 rings (SSSR count). The molecule has 0 bridgehead atoms. The number of hydrogen-bond donors (Lipinski definition) is 2. The second-order valence-electron chi connectivity index (χ2n) is 9.04. The summed E-state index contributed by atoms with van der Waals surface area (Å²) in [5.74, 6) is 1.28. The number of esters is 1. The molecule has 3 aromatic heterocycles. The van der Waals surface area contributed by atoms with Crippen LogP contribution in [0, 0.1) is 13.8 Å². The van der Waals surface area contributed by atoms with Gasteiger partial charge in [-0.1, -0.05) is 0 Å². The number of amides is 1. The number of hydrogen-bond acceptors (Lipinski definition) is 9. The number of rotatable bonds is 9. The SMILES string of the molecule is COC(=O)CCC(=O)Nc1ccc(-n2cc3ncnc(Nc4ccc(Oc5ccc(C)nc5)c(C)c4)c3n2)cc1. The summed E-state index contributed by atoms with van der Waals surface area (Å²) < 4.78 is 12.2. The van der Waals surface area contributed by atoms with Gasteiger partial charge in [0, 0.05) is 23.5 Å². The molecule has 0 unspecified atom stereocenters. The number of nitrogens with one attached hydrogen (secondary N) is 2. The Morgan fingerprint density at radius 3 is 2.45 bits per heavy atom. The number of anilines is 3. The Labute approximate surface area is 230 Å². The highest BCUT2D eigenvalue weighted by molar-refractivity contribution is 5.92. The minimum atomic E-state index is -0.426. The molecule has 0 aliphatic heterocycles. The molecule has 3 heterocycles. The van der Waals surface area contributed by atoms with Crippen molar-refractivity contribution in [1.29, 1.82) is 0 Å². The van der Waals surface area contributed by atoms with E-state index in [1.165, 1.54) is 13.4 Å². The first-order valence-electron chi connectivity index (χ1n) is 12.5. The minimum absolute atomic E-state index is 0.0281. The van der Waals surface area contributed by atoms with Crippen LogP contribution in [0.1, 0.15) is 24.1 Å². The quantitative estimate of drug-likeness (QED) is 0.242. The topological polar surface area (TPSA) is 133 Å². The van der Waals surface area contributed by atoms with Crippen molar-refractivity contribution in [3.8, 4) is 17.2 Å². The summed E-state index contributed by atoms with van der Waals surface area (Å²) in [5, 5.41) is 10.8. The number of carbonyl (C=O) groups is 2. The fraction of sp³-hybridized carbons (Fsp3) is 0.172. The van der Waals surface area contributed by atoms with E-state index in [4.69, 9.17) is 4.74 Å². The molecule has 0 fully saturated rings. The predicted octanol–water partition coefficient (Wildman–Crippen LogP) is 5.25. The van der Waals surface area contributed by atoms with Gasteiger partial charge < -0.3 is 20.1 Å². The maximum atomic E-state index is 12.1. The van der Waals surface area contributed by atoms with Gasteiger partial charge in [-0.05, 0) is 74.0 Å². The Hall–Kier alpha value is -5.32. The molecule has 0 aliphatic carbocycles. The van der Waals surface area contributed by atoms with Crippen LogP contribution in [0.2, 0.25) is 0 Å². The van der Waals surface area contributed by atoms with E-state index in [-0.39, 0.29) is 18.7 Å². The Morgan fingerprint density at radius 1 is 0.925 bits per heavy atom. The normalized spacial score (nSPS) is 10.8. The van der Waals surface area contributed by atoms with E-state index in [0.29, 0.717) is 28.3 Å². The van der Waals surface area contributed by atoms with Crippen LogP contribution in [-0.2, 0) is 14.3 Å². The first kappa shape index (κ1) is 26.3. The van der Waals surface area contributed by atoms with Crippen LogP contribution >= 0.6 is 0 Å². The lowest BCUT2D eigenvalue weighted by atomic mass is 10.2. The van der Waals surface area contributed by atoms with Gasteiger partial charge in [-0.15, -0.1) is 0 Å². The number of pyridine rings is 1. The summed E-state index contributed by atoms with van der Waals surface area (Å²) in [4.78, 5) is 36.3. The van der Waals surface area contributed by atoms with E-state index in [9.17, 15) is 9.59 Å². The zero-order valence-corrected chi connectivity index (χ0v) is 22.2. The molecule has 5 aromatic rings. The third-order valence-electron chi connectivity index (χ3n) is 6.05. The summed E-state index contributed by atoms with van der Waals surface area (Å²) in [7, 11) is 1.29. The smallest absolute Gasteiger partial charge is 0.306 e. The van der Waals surface area contributed by atoms with Crippen molar-refractivity contribution >= 4 is 40.1 Å². The van der Waals surface area contributed by atoms with E-state index in [0.717, 1.165) is 28.4 Å². The van der Waals surface area contributed by atoms with Gasteiger partial charge in [0.25, 0.3) is 0 Å². The number of ether oxygens (including phenoxy) is 2. The summed E-state index contributed by atoms with van der Waals surface area (Å²) in [6.07, 6.45) is 5.07. The van der Waals surface area contributed by atoms with Crippen molar-refractivity contribution in [3.05, 3.63) is 84.6 Å². The Balaban J connectivity index is 1.29. The number of carbonyl (C=O) groups excluding carboxylic acids is 2. The molecule has 0 radical (unpaired) electrons. The first-order chi connectivity index (χ1) is 19.4. The summed E-state index contributed by atoms with van der Waals surface area (Å²) in [5.41, 5.74) is 5.36. The second kappa shape index (κ2) is 11.6. The zero-order valence-electron chi connectivity index (χ0n) is 22.2. The van der Waals surface area contributed by atoms with Crippen LogP contribution in [0.5, 0.6) is 11.5 Å². The number of aromatic nitrogens is 5. The van der Waals surface area contributed by atoms with Crippen molar-refractivity contribution in [2.24, 2.45) is 0 Å². The number of aryl methyl sites for hydroxylation is 2. The first-order valence-corrected chi connectivity index (χ1v) is 12.5. The van der Waals surface area contributed by atoms with Crippen LogP contribution in [-0.4, -0.2) is 43.7 Å². The van der Waals surface area contributed by atoms with Gasteiger partial charge in [-0.25, -0.2) is 14.6 Å². The standard InChI is InChI=1S/C29H27N7O4/c1-18-14-21(7-11-25(18)40-23-10-4-19(2)30-15-23)34-29-28-24(31-17-32-29)16-36(35-28)22-8-5-20(6-9-22)33-26(37)12-13-27(38)39-3/h4-11,14-17H,12-13H2,1-3H3,(H,33,37)(H,31,32,34). The lowest BCUT2D eigenvalue weighted by Crippen LogP contribution is -2.13. The average molecular weight is 538 g/mol. The highest BCUT2D eigenvalue weighted by Gasteiger charge is 2.12.